The Morgan fingerprint density at radius 2 is 2.22 bits per heavy atom. The first-order valence-electron chi connectivity index (χ1n) is 9.01. The first kappa shape index (κ1) is 21.2. The number of amides is 1. The maximum atomic E-state index is 12.1. The van der Waals surface area contributed by atoms with Gasteiger partial charge < -0.3 is 10.4 Å². The Bertz CT molecular complexity index is 764. The number of aromatic nitrogens is 1. The van der Waals surface area contributed by atoms with Crippen LogP contribution in [0.2, 0.25) is 0 Å². The lowest BCUT2D eigenvalue weighted by Crippen LogP contribution is -2.41. The average Bonchev–Trinajstić information content (AvgIpc) is 3.04. The Labute approximate surface area is 163 Å². The highest BCUT2D eigenvalue weighted by atomic mass is 32.1. The summed E-state index contributed by atoms with van der Waals surface area (Å²) in [7, 11) is 0. The Hall–Kier alpha value is -2.12. The number of nitrogens with zero attached hydrogens (tertiary/aromatic N) is 1. The molecule has 3 atom stereocenters. The molecule has 7 heteroatoms. The van der Waals surface area contributed by atoms with Crippen LogP contribution in [-0.4, -0.2) is 33.2 Å². The van der Waals surface area contributed by atoms with Crippen LogP contribution in [0, 0.1) is 5.92 Å². The van der Waals surface area contributed by atoms with E-state index in [1.54, 1.807) is 25.2 Å². The Balaban J connectivity index is 1.87. The number of ketones is 2. The molecule has 1 aliphatic rings. The third kappa shape index (κ3) is 6.52. The first-order chi connectivity index (χ1) is 12.7. The van der Waals surface area contributed by atoms with E-state index in [0.29, 0.717) is 12.8 Å². The lowest BCUT2D eigenvalue weighted by atomic mass is 9.74. The van der Waals surface area contributed by atoms with Crippen molar-refractivity contribution in [2.45, 2.75) is 58.1 Å². The van der Waals surface area contributed by atoms with E-state index in [1.165, 1.54) is 24.3 Å². The predicted octanol–water partition coefficient (Wildman–Crippen LogP) is 2.99. The van der Waals surface area contributed by atoms with Crippen molar-refractivity contribution in [1.82, 2.24) is 10.3 Å². The number of allylic oxidation sites excluding steroid dienone is 3. The third-order valence-corrected chi connectivity index (χ3v) is 5.75. The zero-order valence-corrected chi connectivity index (χ0v) is 16.7. The quantitative estimate of drug-likeness (QED) is 0.551. The van der Waals surface area contributed by atoms with Crippen LogP contribution < -0.4 is 5.32 Å². The minimum Gasteiger partial charge on any atom is -0.390 e. The van der Waals surface area contributed by atoms with Crippen LogP contribution in [-0.2, 0) is 14.4 Å². The molecular formula is C20H26N2O4S. The molecule has 0 radical (unpaired) electrons. The molecule has 2 N–H and O–H groups in total. The minimum atomic E-state index is -0.963. The monoisotopic (exact) mass is 390 g/mol. The number of hydrogen-bond acceptors (Lipinski definition) is 6. The second-order valence-electron chi connectivity index (χ2n) is 7.22. The van der Waals surface area contributed by atoms with E-state index in [9.17, 15) is 19.5 Å². The highest BCUT2D eigenvalue weighted by Gasteiger charge is 2.38. The van der Waals surface area contributed by atoms with Crippen LogP contribution in [0.15, 0.2) is 23.6 Å². The van der Waals surface area contributed by atoms with Gasteiger partial charge in [0.25, 0.3) is 0 Å². The molecule has 1 aromatic rings. The van der Waals surface area contributed by atoms with E-state index in [2.05, 4.69) is 10.3 Å². The Morgan fingerprint density at radius 3 is 2.93 bits per heavy atom. The number of nitrogens with one attached hydrogen (secondary N) is 1. The van der Waals surface area contributed by atoms with Crippen molar-refractivity contribution in [3.8, 4) is 0 Å². The molecule has 0 aromatic carbocycles. The highest BCUT2D eigenvalue weighted by Crippen LogP contribution is 2.34. The van der Waals surface area contributed by atoms with Gasteiger partial charge in [0.1, 0.15) is 10.8 Å². The molecule has 0 aliphatic heterocycles. The van der Waals surface area contributed by atoms with Gasteiger partial charge in [-0.05, 0) is 32.4 Å². The number of carbonyl (C=O) groups is 3. The molecule has 146 valence electrons. The maximum absolute atomic E-state index is 12.1. The van der Waals surface area contributed by atoms with Crippen molar-refractivity contribution in [3.63, 3.8) is 0 Å². The molecule has 27 heavy (non-hydrogen) atoms. The topological polar surface area (TPSA) is 96.4 Å². The number of Topliss-reactive ketones (excluding diaryl/α,β-unsaturated/α-hetero) is 1. The summed E-state index contributed by atoms with van der Waals surface area (Å²) in [6, 6.07) is -0.141. The smallest absolute Gasteiger partial charge is 0.217 e. The molecule has 1 heterocycles. The molecule has 1 saturated carbocycles. The van der Waals surface area contributed by atoms with Crippen LogP contribution in [0.3, 0.4) is 0 Å². The molecule has 0 unspecified atom stereocenters. The third-order valence-electron chi connectivity index (χ3n) is 4.70. The van der Waals surface area contributed by atoms with Gasteiger partial charge in [0.15, 0.2) is 5.78 Å². The number of thiazole rings is 1. The van der Waals surface area contributed by atoms with Gasteiger partial charge in [-0.2, -0.15) is 0 Å². The summed E-state index contributed by atoms with van der Waals surface area (Å²) in [6.07, 6.45) is 7.82. The van der Waals surface area contributed by atoms with E-state index >= 15 is 0 Å². The molecular weight excluding hydrogens is 364 g/mol. The molecule has 1 amide bonds. The second kappa shape index (κ2) is 9.19. The predicted molar refractivity (Wildman–Crippen MR) is 105 cm³/mol. The highest BCUT2D eigenvalue weighted by molar-refractivity contribution is 7.09. The minimum absolute atomic E-state index is 0.102. The Morgan fingerprint density at radius 1 is 1.48 bits per heavy atom. The summed E-state index contributed by atoms with van der Waals surface area (Å²) < 4.78 is 0. The van der Waals surface area contributed by atoms with Gasteiger partial charge in [0, 0.05) is 37.5 Å². The van der Waals surface area contributed by atoms with Crippen LogP contribution in [0.4, 0.5) is 0 Å². The summed E-state index contributed by atoms with van der Waals surface area (Å²) in [6.45, 7) is 5.04. The van der Waals surface area contributed by atoms with Crippen molar-refractivity contribution in [2.24, 2.45) is 5.92 Å². The summed E-state index contributed by atoms with van der Waals surface area (Å²) in [5, 5.41) is 15.8. The fraction of sp³-hybridized carbons (Fsp3) is 0.500. The van der Waals surface area contributed by atoms with Crippen molar-refractivity contribution in [2.75, 3.05) is 0 Å². The fourth-order valence-corrected chi connectivity index (χ4v) is 3.85. The standard InChI is InChI=1S/C20H26N2O4S/c1-13(21-14(2)23)19-22-16(12-27-19)6-4-5-7-17(24)10-15-11-18(25)8-9-20(15,3)26/h4-7,12-13,15,26H,8-11H2,1-3H3,(H,21,23)/b6-4-,7-5+/t13-,15+,20+/m1/s1. The van der Waals surface area contributed by atoms with Gasteiger partial charge >= 0.3 is 0 Å². The van der Waals surface area contributed by atoms with E-state index in [-0.39, 0.29) is 42.3 Å². The van der Waals surface area contributed by atoms with Crippen molar-refractivity contribution in [1.29, 1.82) is 0 Å². The van der Waals surface area contributed by atoms with Gasteiger partial charge in [0.05, 0.1) is 17.3 Å². The summed E-state index contributed by atoms with van der Waals surface area (Å²) in [4.78, 5) is 39.2. The van der Waals surface area contributed by atoms with Gasteiger partial charge in [-0.1, -0.05) is 12.2 Å². The van der Waals surface area contributed by atoms with E-state index in [0.717, 1.165) is 10.7 Å². The zero-order valence-electron chi connectivity index (χ0n) is 15.9. The summed E-state index contributed by atoms with van der Waals surface area (Å²) in [5.41, 5.74) is -0.209. The molecule has 2 rings (SSSR count). The largest absolute Gasteiger partial charge is 0.390 e. The van der Waals surface area contributed by atoms with E-state index < -0.39 is 5.60 Å². The second-order valence-corrected chi connectivity index (χ2v) is 8.11. The van der Waals surface area contributed by atoms with Crippen molar-refractivity contribution >= 4 is 34.9 Å². The Kier molecular flexibility index (Phi) is 7.21. The maximum Gasteiger partial charge on any atom is 0.217 e. The molecule has 6 nitrogen and oxygen atoms in total. The van der Waals surface area contributed by atoms with Gasteiger partial charge in [0.2, 0.25) is 5.91 Å². The number of hydrogen-bond donors (Lipinski definition) is 2. The van der Waals surface area contributed by atoms with Crippen LogP contribution in [0.5, 0.6) is 0 Å². The van der Waals surface area contributed by atoms with Crippen LogP contribution >= 0.6 is 11.3 Å². The van der Waals surface area contributed by atoms with Gasteiger partial charge in [-0.15, -0.1) is 11.3 Å². The van der Waals surface area contributed by atoms with E-state index in [1.807, 2.05) is 12.3 Å². The summed E-state index contributed by atoms with van der Waals surface area (Å²) in [5.74, 6) is -0.431. The summed E-state index contributed by atoms with van der Waals surface area (Å²) >= 11 is 1.46. The van der Waals surface area contributed by atoms with Gasteiger partial charge in [-0.3, -0.25) is 14.4 Å². The molecule has 0 saturated heterocycles. The van der Waals surface area contributed by atoms with E-state index in [4.69, 9.17) is 0 Å². The SMILES string of the molecule is CC(=O)N[C@H](C)c1nc(/C=C\C=C\C(=O)C[C@H]2CC(=O)CC[C@]2(C)O)cs1. The normalized spacial score (nSPS) is 24.4. The van der Waals surface area contributed by atoms with Gasteiger partial charge in [-0.25, -0.2) is 4.98 Å². The first-order valence-corrected chi connectivity index (χ1v) is 9.89. The van der Waals surface area contributed by atoms with Crippen LogP contribution in [0.1, 0.15) is 63.2 Å². The van der Waals surface area contributed by atoms with Crippen molar-refractivity contribution in [3.05, 3.63) is 34.3 Å². The zero-order chi connectivity index (χ0) is 20.0. The lowest BCUT2D eigenvalue weighted by Gasteiger charge is -2.35. The van der Waals surface area contributed by atoms with Crippen LogP contribution in [0.25, 0.3) is 6.08 Å². The van der Waals surface area contributed by atoms with Crippen molar-refractivity contribution < 1.29 is 19.5 Å². The molecule has 1 aromatic heterocycles. The average molecular weight is 391 g/mol. The number of rotatable bonds is 7. The molecule has 1 fully saturated rings. The molecule has 0 bridgehead atoms. The fourth-order valence-electron chi connectivity index (χ4n) is 3.06. The number of carbonyl (C=O) groups excluding carboxylic acids is 3. The molecule has 0 spiro atoms. The number of aliphatic hydroxyl groups is 1. The lowest BCUT2D eigenvalue weighted by molar-refractivity contribution is -0.132. The molecule has 1 aliphatic carbocycles.